The van der Waals surface area contributed by atoms with Crippen molar-refractivity contribution in [2.45, 2.75) is 39.9 Å². The second-order valence-corrected chi connectivity index (χ2v) is 2.72. The Morgan fingerprint density at radius 1 is 1.18 bits per heavy atom. The summed E-state index contributed by atoms with van der Waals surface area (Å²) in [6, 6.07) is 0. The number of hydroxylamine groups is 1. The van der Waals surface area contributed by atoms with Crippen molar-refractivity contribution in [3.05, 3.63) is 0 Å². The van der Waals surface area contributed by atoms with Crippen LogP contribution in [0.2, 0.25) is 0 Å². The van der Waals surface area contributed by atoms with Gasteiger partial charge in [-0.3, -0.25) is 4.84 Å². The van der Waals surface area contributed by atoms with E-state index in [1.807, 2.05) is 13.8 Å². The van der Waals surface area contributed by atoms with Gasteiger partial charge in [-0.25, -0.2) is 4.79 Å². The molecular formula is C7H15NO3. The lowest BCUT2D eigenvalue weighted by atomic mass is 10.5. The van der Waals surface area contributed by atoms with Gasteiger partial charge in [0, 0.05) is 0 Å². The smallest absolute Gasteiger partial charge is 0.431 e. The first-order valence-corrected chi connectivity index (χ1v) is 3.64. The molecule has 0 rings (SSSR count). The maximum absolute atomic E-state index is 10.7. The van der Waals surface area contributed by atoms with Gasteiger partial charge in [0.25, 0.3) is 0 Å². The van der Waals surface area contributed by atoms with Gasteiger partial charge in [0.2, 0.25) is 0 Å². The Morgan fingerprint density at radius 3 is 2.09 bits per heavy atom. The Bertz CT molecular complexity index is 123. The minimum Gasteiger partial charge on any atom is -0.445 e. The Morgan fingerprint density at radius 2 is 1.73 bits per heavy atom. The van der Waals surface area contributed by atoms with Crippen LogP contribution < -0.4 is 5.48 Å². The minimum atomic E-state index is -0.548. The summed E-state index contributed by atoms with van der Waals surface area (Å²) in [5.74, 6) is 0. The van der Waals surface area contributed by atoms with Crippen molar-refractivity contribution in [2.24, 2.45) is 0 Å². The molecule has 0 atom stereocenters. The quantitative estimate of drug-likeness (QED) is 0.637. The van der Waals surface area contributed by atoms with Crippen molar-refractivity contribution in [3.63, 3.8) is 0 Å². The molecule has 0 radical (unpaired) electrons. The third-order valence-electron chi connectivity index (χ3n) is 0.721. The van der Waals surface area contributed by atoms with E-state index in [1.165, 1.54) is 0 Å². The van der Waals surface area contributed by atoms with Crippen molar-refractivity contribution in [1.29, 1.82) is 0 Å². The number of carbonyl (C=O) groups excluding carboxylic acids is 1. The summed E-state index contributed by atoms with van der Waals surface area (Å²) in [6.07, 6.45) is -0.700. The van der Waals surface area contributed by atoms with Gasteiger partial charge in [-0.05, 0) is 27.7 Å². The van der Waals surface area contributed by atoms with Crippen LogP contribution in [0.4, 0.5) is 4.79 Å². The average molecular weight is 161 g/mol. The highest BCUT2D eigenvalue weighted by Gasteiger charge is 2.04. The van der Waals surface area contributed by atoms with E-state index in [-0.39, 0.29) is 12.2 Å². The van der Waals surface area contributed by atoms with Gasteiger partial charge in [0.1, 0.15) is 0 Å². The van der Waals surface area contributed by atoms with Crippen molar-refractivity contribution in [3.8, 4) is 0 Å². The van der Waals surface area contributed by atoms with E-state index in [0.29, 0.717) is 0 Å². The molecule has 4 heteroatoms. The Labute approximate surface area is 66.8 Å². The van der Waals surface area contributed by atoms with E-state index in [4.69, 9.17) is 9.57 Å². The van der Waals surface area contributed by atoms with Crippen LogP contribution in [-0.4, -0.2) is 18.3 Å². The summed E-state index contributed by atoms with van der Waals surface area (Å²) in [4.78, 5) is 15.5. The first-order valence-electron chi connectivity index (χ1n) is 3.64. The predicted molar refractivity (Wildman–Crippen MR) is 41.0 cm³/mol. The van der Waals surface area contributed by atoms with Gasteiger partial charge in [-0.1, -0.05) is 0 Å². The molecule has 0 aromatic carbocycles. The fourth-order valence-electron chi connectivity index (χ4n) is 0.404. The first-order chi connectivity index (χ1) is 5.02. The Kier molecular flexibility index (Phi) is 4.61. The van der Waals surface area contributed by atoms with E-state index in [9.17, 15) is 4.79 Å². The van der Waals surface area contributed by atoms with Crippen LogP contribution in [-0.2, 0) is 9.57 Å². The van der Waals surface area contributed by atoms with E-state index in [2.05, 4.69) is 5.48 Å². The molecule has 0 spiro atoms. The number of rotatable bonds is 3. The van der Waals surface area contributed by atoms with Gasteiger partial charge >= 0.3 is 6.09 Å². The monoisotopic (exact) mass is 161 g/mol. The molecule has 1 N–H and O–H groups in total. The van der Waals surface area contributed by atoms with E-state index >= 15 is 0 Å². The van der Waals surface area contributed by atoms with Gasteiger partial charge in [0.15, 0.2) is 0 Å². The lowest BCUT2D eigenvalue weighted by Gasteiger charge is -2.10. The molecule has 0 aliphatic carbocycles. The molecule has 1 amide bonds. The maximum Gasteiger partial charge on any atom is 0.431 e. The minimum absolute atomic E-state index is 0.0327. The van der Waals surface area contributed by atoms with Gasteiger partial charge < -0.3 is 4.74 Å². The molecule has 0 heterocycles. The molecule has 0 saturated heterocycles. The summed E-state index contributed by atoms with van der Waals surface area (Å²) in [5.41, 5.74) is 2.15. The van der Waals surface area contributed by atoms with Gasteiger partial charge in [0.05, 0.1) is 12.2 Å². The normalized spacial score (nSPS) is 10.4. The van der Waals surface area contributed by atoms with Gasteiger partial charge in [-0.15, -0.1) is 0 Å². The molecule has 0 bridgehead atoms. The zero-order chi connectivity index (χ0) is 8.85. The zero-order valence-corrected chi connectivity index (χ0v) is 7.38. The molecule has 0 saturated carbocycles. The molecular weight excluding hydrogens is 146 g/mol. The molecule has 0 unspecified atom stereocenters. The number of amides is 1. The van der Waals surface area contributed by atoms with Crippen molar-refractivity contribution >= 4 is 6.09 Å². The molecule has 66 valence electrons. The van der Waals surface area contributed by atoms with Crippen LogP contribution in [0.3, 0.4) is 0 Å². The standard InChI is InChI=1S/C7H15NO3/c1-5(2)10-7(9)8-11-6(3)4/h5-6H,1-4H3,(H,8,9). The number of ether oxygens (including phenoxy) is 1. The summed E-state index contributed by atoms with van der Waals surface area (Å²) in [7, 11) is 0. The Balaban J connectivity index is 3.38. The van der Waals surface area contributed by atoms with Crippen LogP contribution in [0, 0.1) is 0 Å². The van der Waals surface area contributed by atoms with Crippen LogP contribution >= 0.6 is 0 Å². The molecule has 0 aliphatic heterocycles. The second-order valence-electron chi connectivity index (χ2n) is 2.72. The molecule has 0 aliphatic rings. The zero-order valence-electron chi connectivity index (χ0n) is 7.38. The van der Waals surface area contributed by atoms with Crippen LogP contribution in [0.15, 0.2) is 0 Å². The summed E-state index contributed by atoms with van der Waals surface area (Å²) < 4.78 is 4.73. The van der Waals surface area contributed by atoms with E-state index in [0.717, 1.165) is 0 Å². The van der Waals surface area contributed by atoms with Crippen LogP contribution in [0.1, 0.15) is 27.7 Å². The highest BCUT2D eigenvalue weighted by molar-refractivity contribution is 5.65. The number of hydrogen-bond donors (Lipinski definition) is 1. The molecule has 0 aromatic heterocycles. The Hall–Kier alpha value is -0.770. The molecule has 11 heavy (non-hydrogen) atoms. The fourth-order valence-corrected chi connectivity index (χ4v) is 0.404. The van der Waals surface area contributed by atoms with Crippen LogP contribution in [0.25, 0.3) is 0 Å². The molecule has 0 aromatic rings. The molecule has 0 fully saturated rings. The van der Waals surface area contributed by atoms with Gasteiger partial charge in [-0.2, -0.15) is 5.48 Å². The summed E-state index contributed by atoms with van der Waals surface area (Å²) in [6.45, 7) is 7.18. The largest absolute Gasteiger partial charge is 0.445 e. The summed E-state index contributed by atoms with van der Waals surface area (Å²) in [5, 5.41) is 0. The van der Waals surface area contributed by atoms with Crippen molar-refractivity contribution < 1.29 is 14.4 Å². The first kappa shape index (κ1) is 10.2. The third kappa shape index (κ3) is 7.12. The third-order valence-corrected chi connectivity index (χ3v) is 0.721. The van der Waals surface area contributed by atoms with Crippen molar-refractivity contribution in [1.82, 2.24) is 5.48 Å². The molecule has 4 nitrogen and oxygen atoms in total. The number of hydrogen-bond acceptors (Lipinski definition) is 3. The van der Waals surface area contributed by atoms with Crippen LogP contribution in [0.5, 0.6) is 0 Å². The fraction of sp³-hybridized carbons (Fsp3) is 0.857. The SMILES string of the molecule is CC(C)ONC(=O)OC(C)C. The number of carbonyl (C=O) groups is 1. The number of nitrogens with one attached hydrogen (secondary N) is 1. The highest BCUT2D eigenvalue weighted by atomic mass is 16.7. The van der Waals surface area contributed by atoms with E-state index in [1.54, 1.807) is 13.8 Å². The van der Waals surface area contributed by atoms with Crippen molar-refractivity contribution in [2.75, 3.05) is 0 Å². The topological polar surface area (TPSA) is 47.6 Å². The second kappa shape index (κ2) is 4.96. The highest BCUT2D eigenvalue weighted by Crippen LogP contribution is 1.89. The lowest BCUT2D eigenvalue weighted by Crippen LogP contribution is -2.29. The average Bonchev–Trinajstić information content (AvgIpc) is 1.82. The van der Waals surface area contributed by atoms with E-state index < -0.39 is 6.09 Å². The lowest BCUT2D eigenvalue weighted by molar-refractivity contribution is -0.0134. The maximum atomic E-state index is 10.7. The predicted octanol–water partition coefficient (Wildman–Crippen LogP) is 1.46. The summed E-state index contributed by atoms with van der Waals surface area (Å²) >= 11 is 0.